The van der Waals surface area contributed by atoms with Crippen molar-refractivity contribution in [3.63, 3.8) is 0 Å². The summed E-state index contributed by atoms with van der Waals surface area (Å²) in [6.45, 7) is 2.23. The maximum atomic E-state index is 12.9. The topological polar surface area (TPSA) is 102 Å². The zero-order valence-corrected chi connectivity index (χ0v) is 20.4. The molecule has 2 aromatic rings. The highest BCUT2D eigenvalue weighted by Gasteiger charge is 2.52. The number of amides is 1. The van der Waals surface area contributed by atoms with Gasteiger partial charge in [0.05, 0.1) is 24.1 Å². The first-order chi connectivity index (χ1) is 17.1. The number of methoxy groups -OCH3 is 1. The van der Waals surface area contributed by atoms with Crippen molar-refractivity contribution < 1.29 is 27.4 Å². The minimum Gasteiger partial charge on any atom is -0.492 e. The molecule has 36 heavy (non-hydrogen) atoms. The van der Waals surface area contributed by atoms with Crippen molar-refractivity contribution in [2.75, 3.05) is 36.3 Å². The lowest BCUT2D eigenvalue weighted by Gasteiger charge is -2.50. The third-order valence-corrected chi connectivity index (χ3v) is 7.47. The molecule has 2 saturated carbocycles. The number of carbonyl (C=O) groups is 1. The average molecular weight is 507 g/mol. The standard InChI is InChI=1S/C24H29F3N6O3/c1-13-18-20(33(2)19(21(34)31-18)23(35-3)7-4-8-23)32-22(29-13)30-15-9-14(10-15)12-36-16-5-6-17(28-11-16)24(25,26)27/h5-6,11,14-15,19H,4,7-10,12H2,1-3H3,(H,31,34)(H,29,30,32)/t14-,15+,19?. The van der Waals surface area contributed by atoms with Crippen LogP contribution in [-0.2, 0) is 15.7 Å². The van der Waals surface area contributed by atoms with Crippen molar-refractivity contribution in [3.8, 4) is 5.75 Å². The molecule has 2 fully saturated rings. The maximum Gasteiger partial charge on any atom is 0.433 e. The average Bonchev–Trinajstić information content (AvgIpc) is 2.77. The number of hydrogen-bond acceptors (Lipinski definition) is 8. The number of rotatable bonds is 7. The van der Waals surface area contributed by atoms with Gasteiger partial charge in [0.2, 0.25) is 11.9 Å². The largest absolute Gasteiger partial charge is 0.492 e. The number of alkyl halides is 3. The van der Waals surface area contributed by atoms with Crippen molar-refractivity contribution in [3.05, 3.63) is 29.7 Å². The molecule has 194 valence electrons. The van der Waals surface area contributed by atoms with E-state index in [0.717, 1.165) is 44.4 Å². The van der Waals surface area contributed by atoms with Crippen molar-refractivity contribution in [1.82, 2.24) is 15.0 Å². The number of nitrogens with zero attached hydrogens (tertiary/aromatic N) is 4. The van der Waals surface area contributed by atoms with E-state index < -0.39 is 23.5 Å². The predicted octanol–water partition coefficient (Wildman–Crippen LogP) is 3.79. The van der Waals surface area contributed by atoms with Gasteiger partial charge in [-0.15, -0.1) is 0 Å². The van der Waals surface area contributed by atoms with Crippen molar-refractivity contribution in [1.29, 1.82) is 0 Å². The number of halogens is 3. The zero-order chi connectivity index (χ0) is 25.7. The van der Waals surface area contributed by atoms with Crippen LogP contribution in [0.15, 0.2) is 18.3 Å². The Morgan fingerprint density at radius 1 is 1.25 bits per heavy atom. The Morgan fingerprint density at radius 2 is 2.00 bits per heavy atom. The number of anilines is 3. The maximum absolute atomic E-state index is 12.9. The molecule has 0 radical (unpaired) electrons. The van der Waals surface area contributed by atoms with Gasteiger partial charge in [-0.3, -0.25) is 4.79 Å². The number of aryl methyl sites for hydroxylation is 1. The molecule has 2 aliphatic carbocycles. The van der Waals surface area contributed by atoms with Crippen molar-refractivity contribution in [2.24, 2.45) is 5.92 Å². The van der Waals surface area contributed by atoms with Crippen LogP contribution in [0, 0.1) is 12.8 Å². The zero-order valence-electron chi connectivity index (χ0n) is 20.4. The first-order valence-electron chi connectivity index (χ1n) is 12.0. The third-order valence-electron chi connectivity index (χ3n) is 7.47. The predicted molar refractivity (Wildman–Crippen MR) is 126 cm³/mol. The van der Waals surface area contributed by atoms with Gasteiger partial charge in [-0.2, -0.15) is 18.2 Å². The van der Waals surface area contributed by atoms with E-state index in [1.165, 1.54) is 6.07 Å². The van der Waals surface area contributed by atoms with E-state index in [0.29, 0.717) is 35.5 Å². The number of fused-ring (bicyclic) bond motifs is 1. The highest BCUT2D eigenvalue weighted by Crippen LogP contribution is 2.45. The SMILES string of the molecule is COC1(C2C(=O)Nc3c(C)nc(N[C@H]4C[C@@H](COc5ccc(C(F)(F)F)nc5)C4)nc3N2C)CCC1. The second-order valence-electron chi connectivity index (χ2n) is 9.82. The van der Waals surface area contributed by atoms with Crippen LogP contribution in [0.5, 0.6) is 5.75 Å². The summed E-state index contributed by atoms with van der Waals surface area (Å²) in [6, 6.07) is 1.89. The minimum atomic E-state index is -4.47. The number of carbonyl (C=O) groups excluding carboxylic acids is 1. The smallest absolute Gasteiger partial charge is 0.433 e. The lowest BCUT2D eigenvalue weighted by molar-refractivity contribution is -0.141. The molecule has 1 amide bonds. The molecule has 9 nitrogen and oxygen atoms in total. The van der Waals surface area contributed by atoms with E-state index in [1.54, 1.807) is 7.11 Å². The van der Waals surface area contributed by atoms with Gasteiger partial charge in [-0.25, -0.2) is 9.97 Å². The van der Waals surface area contributed by atoms with Gasteiger partial charge in [0.25, 0.3) is 0 Å². The highest BCUT2D eigenvalue weighted by molar-refractivity contribution is 6.04. The second kappa shape index (κ2) is 9.06. The fourth-order valence-electron chi connectivity index (χ4n) is 5.24. The summed E-state index contributed by atoms with van der Waals surface area (Å²) in [5, 5.41) is 6.34. The molecular formula is C24H29F3N6O3. The Labute approximate surface area is 206 Å². The minimum absolute atomic E-state index is 0.107. The Bertz CT molecular complexity index is 1130. The van der Waals surface area contributed by atoms with Crippen LogP contribution in [-0.4, -0.2) is 59.3 Å². The fraction of sp³-hybridized carbons (Fsp3) is 0.583. The normalized spacial score (nSPS) is 24.8. The van der Waals surface area contributed by atoms with Crippen LogP contribution in [0.25, 0.3) is 0 Å². The van der Waals surface area contributed by atoms with Crippen LogP contribution >= 0.6 is 0 Å². The van der Waals surface area contributed by atoms with Gasteiger partial charge in [0.1, 0.15) is 23.2 Å². The number of pyridine rings is 1. The molecule has 0 aromatic carbocycles. The molecule has 12 heteroatoms. The fourth-order valence-corrected chi connectivity index (χ4v) is 5.24. The molecule has 1 unspecified atom stereocenters. The summed E-state index contributed by atoms with van der Waals surface area (Å²) in [5.41, 5.74) is -0.160. The van der Waals surface area contributed by atoms with Crippen LogP contribution in [0.4, 0.5) is 30.6 Å². The number of ether oxygens (including phenoxy) is 2. The van der Waals surface area contributed by atoms with Crippen LogP contribution in [0.1, 0.15) is 43.5 Å². The molecule has 0 saturated heterocycles. The van der Waals surface area contributed by atoms with E-state index >= 15 is 0 Å². The molecular weight excluding hydrogens is 477 g/mol. The van der Waals surface area contributed by atoms with E-state index in [9.17, 15) is 18.0 Å². The van der Waals surface area contributed by atoms with Gasteiger partial charge in [0.15, 0.2) is 5.82 Å². The van der Waals surface area contributed by atoms with E-state index in [4.69, 9.17) is 14.5 Å². The van der Waals surface area contributed by atoms with Crippen LogP contribution < -0.4 is 20.3 Å². The molecule has 3 aliphatic rings. The number of hydrogen-bond donors (Lipinski definition) is 2. The van der Waals surface area contributed by atoms with Gasteiger partial charge in [0, 0.05) is 20.2 Å². The first-order valence-corrected chi connectivity index (χ1v) is 12.0. The van der Waals surface area contributed by atoms with Crippen LogP contribution in [0.2, 0.25) is 0 Å². The van der Waals surface area contributed by atoms with Crippen LogP contribution in [0.3, 0.4) is 0 Å². The summed E-state index contributed by atoms with van der Waals surface area (Å²) in [7, 11) is 3.52. The molecule has 3 heterocycles. The van der Waals surface area contributed by atoms with E-state index in [1.807, 2.05) is 18.9 Å². The number of aromatic nitrogens is 3. The molecule has 5 rings (SSSR count). The molecule has 1 aliphatic heterocycles. The lowest BCUT2D eigenvalue weighted by Crippen LogP contribution is -2.64. The number of likely N-dealkylation sites (N-methyl/N-ethyl adjacent to an activating group) is 1. The Hall–Kier alpha value is -3.15. The van der Waals surface area contributed by atoms with Gasteiger partial charge < -0.3 is 25.0 Å². The summed E-state index contributed by atoms with van der Waals surface area (Å²) in [4.78, 5) is 27.5. The van der Waals surface area contributed by atoms with E-state index in [-0.39, 0.29) is 17.9 Å². The van der Waals surface area contributed by atoms with Crippen molar-refractivity contribution in [2.45, 2.75) is 62.9 Å². The Morgan fingerprint density at radius 3 is 2.58 bits per heavy atom. The quantitative estimate of drug-likeness (QED) is 0.585. The van der Waals surface area contributed by atoms with Gasteiger partial charge in [-0.1, -0.05) is 0 Å². The highest BCUT2D eigenvalue weighted by atomic mass is 19.4. The van der Waals surface area contributed by atoms with Gasteiger partial charge in [-0.05, 0) is 57.1 Å². The molecule has 0 spiro atoms. The summed E-state index contributed by atoms with van der Waals surface area (Å²) < 4.78 is 49.3. The summed E-state index contributed by atoms with van der Waals surface area (Å²) in [6.07, 6.45) is 0.934. The Kier molecular flexibility index (Phi) is 6.17. The summed E-state index contributed by atoms with van der Waals surface area (Å²) >= 11 is 0. The first kappa shape index (κ1) is 24.5. The molecule has 2 aromatic heterocycles. The van der Waals surface area contributed by atoms with E-state index in [2.05, 4.69) is 20.6 Å². The Balaban J connectivity index is 1.18. The van der Waals surface area contributed by atoms with Crippen molar-refractivity contribution >= 4 is 23.4 Å². The lowest BCUT2D eigenvalue weighted by atomic mass is 9.73. The molecule has 1 atom stereocenters. The second-order valence-corrected chi connectivity index (χ2v) is 9.82. The molecule has 0 bridgehead atoms. The summed E-state index contributed by atoms with van der Waals surface area (Å²) in [5.74, 6) is 1.61. The number of nitrogens with one attached hydrogen (secondary N) is 2. The van der Waals surface area contributed by atoms with Gasteiger partial charge >= 0.3 is 6.18 Å². The monoisotopic (exact) mass is 506 g/mol. The molecule has 2 N–H and O–H groups in total. The third kappa shape index (κ3) is 4.42.